The second-order valence-corrected chi connectivity index (χ2v) is 4.44. The SMILES string of the molecule is CCCc1ccc(CCCI)cc1. The van der Waals surface area contributed by atoms with Crippen molar-refractivity contribution in [3.8, 4) is 0 Å². The van der Waals surface area contributed by atoms with Crippen molar-refractivity contribution >= 4 is 22.6 Å². The fraction of sp³-hybridized carbons (Fsp3) is 0.500. The van der Waals surface area contributed by atoms with Crippen LogP contribution < -0.4 is 0 Å². The Morgan fingerprint density at radius 1 is 1.00 bits per heavy atom. The second-order valence-electron chi connectivity index (χ2n) is 3.36. The third-order valence-electron chi connectivity index (χ3n) is 2.16. The van der Waals surface area contributed by atoms with E-state index in [4.69, 9.17) is 0 Å². The van der Waals surface area contributed by atoms with E-state index in [9.17, 15) is 0 Å². The molecule has 0 aliphatic heterocycles. The molecule has 72 valence electrons. The van der Waals surface area contributed by atoms with Crippen LogP contribution in [0.25, 0.3) is 0 Å². The standard InChI is InChI=1S/C12H17I/c1-2-4-11-6-8-12(9-7-11)5-3-10-13/h6-9H,2-5,10H2,1H3. The van der Waals surface area contributed by atoms with Crippen LogP contribution in [0.5, 0.6) is 0 Å². The number of halogens is 1. The zero-order chi connectivity index (χ0) is 9.52. The van der Waals surface area contributed by atoms with Gasteiger partial charge in [-0.15, -0.1) is 0 Å². The molecule has 1 aromatic carbocycles. The van der Waals surface area contributed by atoms with Gasteiger partial charge in [-0.1, -0.05) is 60.2 Å². The van der Waals surface area contributed by atoms with Crippen molar-refractivity contribution in [2.75, 3.05) is 4.43 Å². The highest BCUT2D eigenvalue weighted by Gasteiger charge is 1.93. The van der Waals surface area contributed by atoms with E-state index in [0.717, 1.165) is 0 Å². The molecule has 1 heteroatoms. The van der Waals surface area contributed by atoms with Crippen LogP contribution in [0.3, 0.4) is 0 Å². The molecule has 0 nitrogen and oxygen atoms in total. The van der Waals surface area contributed by atoms with Gasteiger partial charge in [-0.3, -0.25) is 0 Å². The summed E-state index contributed by atoms with van der Waals surface area (Å²) in [7, 11) is 0. The van der Waals surface area contributed by atoms with Gasteiger partial charge >= 0.3 is 0 Å². The topological polar surface area (TPSA) is 0 Å². The summed E-state index contributed by atoms with van der Waals surface area (Å²) in [6, 6.07) is 9.09. The number of benzene rings is 1. The summed E-state index contributed by atoms with van der Waals surface area (Å²) in [5, 5.41) is 0. The van der Waals surface area contributed by atoms with Crippen molar-refractivity contribution in [2.45, 2.75) is 32.6 Å². The Morgan fingerprint density at radius 3 is 2.00 bits per heavy atom. The van der Waals surface area contributed by atoms with E-state index in [0.29, 0.717) is 0 Å². The zero-order valence-electron chi connectivity index (χ0n) is 8.22. The third-order valence-corrected chi connectivity index (χ3v) is 2.92. The minimum Gasteiger partial charge on any atom is -0.0864 e. The molecule has 0 spiro atoms. The molecule has 0 fully saturated rings. The van der Waals surface area contributed by atoms with Crippen LogP contribution in [0, 0.1) is 0 Å². The van der Waals surface area contributed by atoms with E-state index in [1.165, 1.54) is 41.2 Å². The monoisotopic (exact) mass is 288 g/mol. The van der Waals surface area contributed by atoms with Crippen molar-refractivity contribution in [2.24, 2.45) is 0 Å². The number of rotatable bonds is 5. The highest BCUT2D eigenvalue weighted by Crippen LogP contribution is 2.09. The van der Waals surface area contributed by atoms with Crippen molar-refractivity contribution in [1.29, 1.82) is 0 Å². The van der Waals surface area contributed by atoms with Gasteiger partial charge in [0, 0.05) is 0 Å². The Hall–Kier alpha value is -0.0500. The van der Waals surface area contributed by atoms with Gasteiger partial charge in [0.15, 0.2) is 0 Å². The minimum atomic E-state index is 1.21. The fourth-order valence-electron chi connectivity index (χ4n) is 1.43. The molecule has 0 saturated carbocycles. The van der Waals surface area contributed by atoms with Crippen LogP contribution in [0.1, 0.15) is 30.9 Å². The van der Waals surface area contributed by atoms with Crippen molar-refractivity contribution in [3.63, 3.8) is 0 Å². The van der Waals surface area contributed by atoms with Gasteiger partial charge in [-0.2, -0.15) is 0 Å². The first-order chi connectivity index (χ1) is 6.36. The van der Waals surface area contributed by atoms with Crippen LogP contribution in [-0.2, 0) is 12.8 Å². The van der Waals surface area contributed by atoms with E-state index < -0.39 is 0 Å². The maximum Gasteiger partial charge on any atom is -0.000156 e. The lowest BCUT2D eigenvalue weighted by Crippen LogP contribution is -1.88. The Bertz CT molecular complexity index is 225. The summed E-state index contributed by atoms with van der Waals surface area (Å²) < 4.78 is 1.26. The number of hydrogen-bond donors (Lipinski definition) is 0. The molecule has 0 heterocycles. The summed E-state index contributed by atoms with van der Waals surface area (Å²) in [4.78, 5) is 0. The Labute approximate surface area is 94.9 Å². The van der Waals surface area contributed by atoms with Crippen LogP contribution in [0.4, 0.5) is 0 Å². The Kier molecular flexibility index (Phi) is 5.44. The average molecular weight is 288 g/mol. The molecule has 0 radical (unpaired) electrons. The normalized spacial score (nSPS) is 10.3. The quantitative estimate of drug-likeness (QED) is 0.567. The molecule has 0 amide bonds. The maximum absolute atomic E-state index is 2.43. The van der Waals surface area contributed by atoms with Crippen LogP contribution in [0.15, 0.2) is 24.3 Å². The fourth-order valence-corrected chi connectivity index (χ4v) is 1.81. The summed E-state index contributed by atoms with van der Waals surface area (Å²) in [6.45, 7) is 2.23. The minimum absolute atomic E-state index is 1.21. The first kappa shape index (κ1) is 11.0. The van der Waals surface area contributed by atoms with E-state index in [-0.39, 0.29) is 0 Å². The summed E-state index contributed by atoms with van der Waals surface area (Å²) >= 11 is 2.43. The van der Waals surface area contributed by atoms with Gasteiger partial charge in [0.2, 0.25) is 0 Å². The molecule has 1 rings (SSSR count). The van der Waals surface area contributed by atoms with Crippen molar-refractivity contribution in [3.05, 3.63) is 35.4 Å². The van der Waals surface area contributed by atoms with Gasteiger partial charge in [0.1, 0.15) is 0 Å². The van der Waals surface area contributed by atoms with Gasteiger partial charge in [-0.05, 0) is 34.8 Å². The number of hydrogen-bond acceptors (Lipinski definition) is 0. The molecule has 0 N–H and O–H groups in total. The largest absolute Gasteiger partial charge is 0.0864 e. The highest BCUT2D eigenvalue weighted by molar-refractivity contribution is 14.1. The predicted octanol–water partition coefficient (Wildman–Crippen LogP) is 4.01. The summed E-state index contributed by atoms with van der Waals surface area (Å²) in [6.07, 6.45) is 4.99. The molecule has 0 aliphatic rings. The lowest BCUT2D eigenvalue weighted by Gasteiger charge is -2.01. The average Bonchev–Trinajstić information content (AvgIpc) is 2.17. The highest BCUT2D eigenvalue weighted by atomic mass is 127. The third kappa shape index (κ3) is 4.12. The van der Waals surface area contributed by atoms with Crippen molar-refractivity contribution < 1.29 is 0 Å². The molecule has 0 bridgehead atoms. The molecule has 13 heavy (non-hydrogen) atoms. The molecular formula is C12H17I. The molecule has 0 atom stereocenters. The van der Waals surface area contributed by atoms with Crippen LogP contribution in [-0.4, -0.2) is 4.43 Å². The molecule has 0 saturated heterocycles. The van der Waals surface area contributed by atoms with E-state index in [2.05, 4.69) is 53.8 Å². The molecule has 0 aliphatic carbocycles. The van der Waals surface area contributed by atoms with Crippen molar-refractivity contribution in [1.82, 2.24) is 0 Å². The second kappa shape index (κ2) is 6.41. The van der Waals surface area contributed by atoms with Crippen LogP contribution >= 0.6 is 22.6 Å². The van der Waals surface area contributed by atoms with Crippen LogP contribution in [0.2, 0.25) is 0 Å². The predicted molar refractivity (Wildman–Crippen MR) is 67.6 cm³/mol. The zero-order valence-corrected chi connectivity index (χ0v) is 10.4. The summed E-state index contributed by atoms with van der Waals surface area (Å²) in [5.41, 5.74) is 2.96. The van der Waals surface area contributed by atoms with E-state index in [1.54, 1.807) is 0 Å². The Balaban J connectivity index is 2.48. The first-order valence-electron chi connectivity index (χ1n) is 5.00. The van der Waals surface area contributed by atoms with E-state index in [1.807, 2.05) is 0 Å². The smallest absolute Gasteiger partial charge is 0.000156 e. The van der Waals surface area contributed by atoms with E-state index >= 15 is 0 Å². The molecule has 0 unspecified atom stereocenters. The van der Waals surface area contributed by atoms with Gasteiger partial charge in [0.05, 0.1) is 0 Å². The molecule has 0 aromatic heterocycles. The lowest BCUT2D eigenvalue weighted by atomic mass is 10.1. The van der Waals surface area contributed by atoms with Gasteiger partial charge in [0.25, 0.3) is 0 Å². The molecule has 1 aromatic rings. The maximum atomic E-state index is 2.43. The number of alkyl halides is 1. The lowest BCUT2D eigenvalue weighted by molar-refractivity contribution is 0.912. The Morgan fingerprint density at radius 2 is 1.54 bits per heavy atom. The van der Waals surface area contributed by atoms with Gasteiger partial charge in [-0.25, -0.2) is 0 Å². The van der Waals surface area contributed by atoms with Gasteiger partial charge < -0.3 is 0 Å². The summed E-state index contributed by atoms with van der Waals surface area (Å²) in [5.74, 6) is 0. The first-order valence-corrected chi connectivity index (χ1v) is 6.53. The number of aryl methyl sites for hydroxylation is 2. The molecular weight excluding hydrogens is 271 g/mol.